The lowest BCUT2D eigenvalue weighted by Crippen LogP contribution is -2.15. The first kappa shape index (κ1) is 20.3. The summed E-state index contributed by atoms with van der Waals surface area (Å²) >= 11 is 1.53. The highest BCUT2D eigenvalue weighted by molar-refractivity contribution is 7.91. The molecule has 0 amide bonds. The van der Waals surface area contributed by atoms with Crippen molar-refractivity contribution in [3.8, 4) is 21.0 Å². The van der Waals surface area contributed by atoms with Crippen LogP contribution in [0.1, 0.15) is 19.5 Å². The molecule has 0 radical (unpaired) electrons. The fourth-order valence-corrected chi connectivity index (χ4v) is 4.78. The molecule has 28 heavy (non-hydrogen) atoms. The zero-order valence-corrected chi connectivity index (χ0v) is 17.6. The number of esters is 1. The van der Waals surface area contributed by atoms with Crippen LogP contribution in [0.3, 0.4) is 0 Å². The Morgan fingerprint density at radius 3 is 2.61 bits per heavy atom. The summed E-state index contributed by atoms with van der Waals surface area (Å²) in [5.74, 6) is -0.264. The molecule has 0 spiro atoms. The molecule has 148 valence electrons. The summed E-state index contributed by atoms with van der Waals surface area (Å²) in [4.78, 5) is 14.1. The van der Waals surface area contributed by atoms with Crippen LogP contribution in [0.25, 0.3) is 21.0 Å². The van der Waals surface area contributed by atoms with Gasteiger partial charge in [-0.3, -0.25) is 9.48 Å². The lowest BCUT2D eigenvalue weighted by molar-refractivity contribution is -0.144. The van der Waals surface area contributed by atoms with Crippen molar-refractivity contribution in [1.29, 1.82) is 0 Å². The van der Waals surface area contributed by atoms with Gasteiger partial charge in [-0.1, -0.05) is 19.1 Å². The molecular formula is C20H22N2O4S2. The van der Waals surface area contributed by atoms with Crippen LogP contribution in [0, 0.1) is 6.92 Å². The van der Waals surface area contributed by atoms with E-state index in [1.54, 1.807) is 36.7 Å². The lowest BCUT2D eigenvalue weighted by Gasteiger charge is -2.06. The monoisotopic (exact) mass is 418 g/mol. The normalized spacial score (nSPS) is 11.5. The average Bonchev–Trinajstić information content (AvgIpc) is 3.28. The minimum absolute atomic E-state index is 0.0501. The Balaban J connectivity index is 1.94. The van der Waals surface area contributed by atoms with Gasteiger partial charge in [0, 0.05) is 4.88 Å². The second-order valence-electron chi connectivity index (χ2n) is 6.23. The Morgan fingerprint density at radius 2 is 1.89 bits per heavy atom. The van der Waals surface area contributed by atoms with Gasteiger partial charge in [-0.15, -0.1) is 11.3 Å². The van der Waals surface area contributed by atoms with E-state index in [0.29, 0.717) is 11.5 Å². The van der Waals surface area contributed by atoms with Gasteiger partial charge in [0.15, 0.2) is 9.84 Å². The maximum atomic E-state index is 12.2. The van der Waals surface area contributed by atoms with Crippen molar-refractivity contribution in [2.24, 2.45) is 0 Å². The molecule has 2 heterocycles. The summed E-state index contributed by atoms with van der Waals surface area (Å²) in [6.07, 6.45) is 0. The summed E-state index contributed by atoms with van der Waals surface area (Å²) in [6.45, 7) is 5.66. The molecule has 0 aliphatic rings. The van der Waals surface area contributed by atoms with Crippen molar-refractivity contribution in [2.45, 2.75) is 32.2 Å². The molecule has 2 aromatic heterocycles. The minimum Gasteiger partial charge on any atom is -0.465 e. The fourth-order valence-electron chi connectivity index (χ4n) is 2.83. The number of aryl methyl sites for hydroxylation is 1. The largest absolute Gasteiger partial charge is 0.465 e. The van der Waals surface area contributed by atoms with Gasteiger partial charge in [-0.05, 0) is 49.7 Å². The van der Waals surface area contributed by atoms with Crippen LogP contribution in [0.4, 0.5) is 0 Å². The summed E-state index contributed by atoms with van der Waals surface area (Å²) < 4.78 is 31.0. The number of nitrogens with zero attached hydrogens (tertiary/aromatic N) is 2. The smallest absolute Gasteiger partial charge is 0.327 e. The third kappa shape index (κ3) is 4.34. The van der Waals surface area contributed by atoms with Gasteiger partial charge in [0.05, 0.1) is 33.5 Å². The first-order valence-corrected chi connectivity index (χ1v) is 11.4. The number of aromatic nitrogens is 2. The first-order valence-electron chi connectivity index (χ1n) is 8.97. The Bertz CT molecular complexity index is 1100. The molecule has 1 aromatic carbocycles. The zero-order chi connectivity index (χ0) is 20.3. The molecule has 0 unspecified atom stereocenters. The van der Waals surface area contributed by atoms with Crippen molar-refractivity contribution in [3.63, 3.8) is 0 Å². The van der Waals surface area contributed by atoms with Crippen LogP contribution in [0.15, 0.2) is 47.4 Å². The Labute approximate surface area is 168 Å². The molecule has 0 saturated heterocycles. The molecule has 3 aromatic rings. The topological polar surface area (TPSA) is 78.3 Å². The van der Waals surface area contributed by atoms with Crippen LogP contribution in [0.2, 0.25) is 0 Å². The van der Waals surface area contributed by atoms with E-state index in [1.165, 1.54) is 11.3 Å². The molecule has 0 atom stereocenters. The molecule has 6 nitrogen and oxygen atoms in total. The second kappa shape index (κ2) is 8.28. The van der Waals surface area contributed by atoms with Gasteiger partial charge in [-0.25, -0.2) is 8.42 Å². The quantitative estimate of drug-likeness (QED) is 0.543. The number of hydrogen-bond acceptors (Lipinski definition) is 6. The zero-order valence-electron chi connectivity index (χ0n) is 16.0. The Morgan fingerprint density at radius 1 is 1.14 bits per heavy atom. The molecule has 0 aliphatic carbocycles. The van der Waals surface area contributed by atoms with Crippen molar-refractivity contribution in [1.82, 2.24) is 9.78 Å². The highest BCUT2D eigenvalue weighted by Crippen LogP contribution is 2.35. The predicted molar refractivity (Wildman–Crippen MR) is 110 cm³/mol. The Hall–Kier alpha value is -2.45. The van der Waals surface area contributed by atoms with Gasteiger partial charge in [0.25, 0.3) is 0 Å². The number of hydrogen-bond donors (Lipinski definition) is 0. The van der Waals surface area contributed by atoms with Crippen LogP contribution >= 0.6 is 11.3 Å². The number of benzene rings is 1. The summed E-state index contributed by atoms with van der Waals surface area (Å²) in [5.41, 5.74) is 2.49. The number of rotatable bonds is 7. The number of carbonyl (C=O) groups is 1. The summed E-state index contributed by atoms with van der Waals surface area (Å²) in [7, 11) is -3.26. The van der Waals surface area contributed by atoms with E-state index in [1.807, 2.05) is 31.2 Å². The first-order chi connectivity index (χ1) is 13.3. The van der Waals surface area contributed by atoms with Crippen LogP contribution in [-0.2, 0) is 25.9 Å². The molecule has 8 heteroatoms. The predicted octanol–water partition coefficient (Wildman–Crippen LogP) is 3.94. The molecule has 3 rings (SSSR count). The van der Waals surface area contributed by atoms with Crippen molar-refractivity contribution in [2.75, 3.05) is 12.4 Å². The van der Waals surface area contributed by atoms with Crippen molar-refractivity contribution in [3.05, 3.63) is 48.2 Å². The molecular weight excluding hydrogens is 396 g/mol. The highest BCUT2D eigenvalue weighted by Gasteiger charge is 2.16. The van der Waals surface area contributed by atoms with E-state index in [4.69, 9.17) is 4.74 Å². The number of ether oxygens (including phenoxy) is 1. The summed E-state index contributed by atoms with van der Waals surface area (Å²) in [6, 6.07) is 12.8. The maximum Gasteiger partial charge on any atom is 0.327 e. The van der Waals surface area contributed by atoms with E-state index < -0.39 is 9.84 Å². The molecule has 0 saturated carbocycles. The van der Waals surface area contributed by atoms with Crippen molar-refractivity contribution < 1.29 is 17.9 Å². The van der Waals surface area contributed by atoms with E-state index >= 15 is 0 Å². The number of sulfone groups is 1. The molecule has 0 fully saturated rings. The second-order valence-corrected chi connectivity index (χ2v) is 9.59. The summed E-state index contributed by atoms with van der Waals surface area (Å²) in [5, 5.41) is 4.39. The highest BCUT2D eigenvalue weighted by atomic mass is 32.2. The molecule has 0 N–H and O–H groups in total. The van der Waals surface area contributed by atoms with Gasteiger partial charge in [0.1, 0.15) is 6.54 Å². The third-order valence-corrected chi connectivity index (χ3v) is 7.09. The fraction of sp³-hybridized carbons (Fsp3) is 0.300. The maximum absolute atomic E-state index is 12.2. The molecule has 0 aliphatic heterocycles. The van der Waals surface area contributed by atoms with Gasteiger partial charge < -0.3 is 4.74 Å². The number of carbonyl (C=O) groups excluding carboxylic acids is 1. The van der Waals surface area contributed by atoms with E-state index in [9.17, 15) is 13.2 Å². The van der Waals surface area contributed by atoms with Crippen LogP contribution in [-0.4, -0.2) is 36.5 Å². The molecule has 0 bridgehead atoms. The standard InChI is InChI=1S/C20H22N2O4S2/c1-4-26-20(23)13-22-17(11-14(3)21-22)19-10-9-18(27-19)15-7-6-8-16(12-15)28(24,25)5-2/h6-12H,4-5,13H2,1-3H3. The van der Waals surface area contributed by atoms with Crippen LogP contribution < -0.4 is 0 Å². The third-order valence-electron chi connectivity index (χ3n) is 4.20. The average molecular weight is 419 g/mol. The van der Waals surface area contributed by atoms with E-state index in [-0.39, 0.29) is 18.3 Å². The van der Waals surface area contributed by atoms with Gasteiger partial charge >= 0.3 is 5.97 Å². The van der Waals surface area contributed by atoms with E-state index in [2.05, 4.69) is 5.10 Å². The van der Waals surface area contributed by atoms with Gasteiger partial charge in [-0.2, -0.15) is 5.10 Å². The van der Waals surface area contributed by atoms with E-state index in [0.717, 1.165) is 26.7 Å². The minimum atomic E-state index is -3.26. The van der Waals surface area contributed by atoms with Crippen LogP contribution in [0.5, 0.6) is 0 Å². The van der Waals surface area contributed by atoms with Crippen molar-refractivity contribution >= 4 is 27.1 Å². The Kier molecular flexibility index (Phi) is 6.00. The van der Waals surface area contributed by atoms with Gasteiger partial charge in [0.2, 0.25) is 0 Å². The number of thiophene rings is 1. The SMILES string of the molecule is CCOC(=O)Cn1nc(C)cc1-c1ccc(-c2cccc(S(=O)(=O)CC)c2)s1. The lowest BCUT2D eigenvalue weighted by atomic mass is 10.2.